The number of unbranched alkanes of at least 4 members (excludes halogenated alkanes) is 3. The number of hydrogen-bond acceptors (Lipinski definition) is 2. The summed E-state index contributed by atoms with van der Waals surface area (Å²) < 4.78 is 32.8. The van der Waals surface area contributed by atoms with Crippen LogP contribution in [0.3, 0.4) is 0 Å². The molecule has 4 heteroatoms. The van der Waals surface area contributed by atoms with Crippen LogP contribution in [0.15, 0.2) is 12.1 Å². The van der Waals surface area contributed by atoms with E-state index in [0.717, 1.165) is 38.6 Å². The van der Waals surface area contributed by atoms with Crippen molar-refractivity contribution < 1.29 is 13.5 Å². The summed E-state index contributed by atoms with van der Waals surface area (Å²) in [7, 11) is 0. The normalized spacial score (nSPS) is 10.8. The number of rotatable bonds is 10. The molecule has 0 spiro atoms. The Bertz CT molecular complexity index is 373. The van der Waals surface area contributed by atoms with Gasteiger partial charge < -0.3 is 10.1 Å². The van der Waals surface area contributed by atoms with Crippen LogP contribution in [0.1, 0.15) is 51.5 Å². The van der Waals surface area contributed by atoms with E-state index in [2.05, 4.69) is 12.2 Å². The highest BCUT2D eigenvalue weighted by Crippen LogP contribution is 2.23. The molecule has 20 heavy (non-hydrogen) atoms. The van der Waals surface area contributed by atoms with Gasteiger partial charge in [-0.05, 0) is 37.1 Å². The maximum atomic E-state index is 13.8. The molecular weight excluding hydrogens is 260 g/mol. The molecule has 0 bridgehead atoms. The lowest BCUT2D eigenvalue weighted by Gasteiger charge is -2.10. The monoisotopic (exact) mass is 285 g/mol. The SMILES string of the molecule is CCCCCCOc1c(F)cc(CNCCC)cc1F. The first-order valence-electron chi connectivity index (χ1n) is 7.50. The Labute approximate surface area is 120 Å². The van der Waals surface area contributed by atoms with Gasteiger partial charge >= 0.3 is 0 Å². The smallest absolute Gasteiger partial charge is 0.190 e. The molecule has 114 valence electrons. The summed E-state index contributed by atoms with van der Waals surface area (Å²) in [5.74, 6) is -1.48. The largest absolute Gasteiger partial charge is 0.488 e. The number of halogens is 2. The maximum absolute atomic E-state index is 13.8. The molecule has 0 amide bonds. The first-order chi connectivity index (χ1) is 9.69. The highest BCUT2D eigenvalue weighted by Gasteiger charge is 2.12. The standard InChI is InChI=1S/C16H25F2NO/c1-3-5-6-7-9-20-16-14(17)10-13(11-15(16)18)12-19-8-4-2/h10-11,19H,3-9,12H2,1-2H3. The lowest BCUT2D eigenvalue weighted by atomic mass is 10.2. The van der Waals surface area contributed by atoms with Gasteiger partial charge in [0.25, 0.3) is 0 Å². The van der Waals surface area contributed by atoms with E-state index in [0.29, 0.717) is 18.7 Å². The highest BCUT2D eigenvalue weighted by atomic mass is 19.1. The second kappa shape index (κ2) is 9.70. The topological polar surface area (TPSA) is 21.3 Å². The van der Waals surface area contributed by atoms with Crippen LogP contribution in [0.2, 0.25) is 0 Å². The third-order valence-electron chi connectivity index (χ3n) is 3.06. The molecule has 0 atom stereocenters. The number of ether oxygens (including phenoxy) is 1. The molecule has 2 nitrogen and oxygen atoms in total. The Kier molecular flexibility index (Phi) is 8.19. The molecule has 0 saturated carbocycles. The van der Waals surface area contributed by atoms with E-state index in [1.165, 1.54) is 12.1 Å². The van der Waals surface area contributed by atoms with Gasteiger partial charge in [-0.3, -0.25) is 0 Å². The van der Waals surface area contributed by atoms with Crippen molar-refractivity contribution in [3.05, 3.63) is 29.3 Å². The quantitative estimate of drug-likeness (QED) is 0.642. The summed E-state index contributed by atoms with van der Waals surface area (Å²) in [6, 6.07) is 2.68. The van der Waals surface area contributed by atoms with Gasteiger partial charge in [-0.15, -0.1) is 0 Å². The minimum atomic E-state index is -0.617. The zero-order chi connectivity index (χ0) is 14.8. The molecule has 0 aliphatic rings. The van der Waals surface area contributed by atoms with Crippen LogP contribution in [-0.4, -0.2) is 13.2 Å². The average molecular weight is 285 g/mol. The molecule has 0 fully saturated rings. The Morgan fingerprint density at radius 1 is 1.00 bits per heavy atom. The van der Waals surface area contributed by atoms with Crippen molar-refractivity contribution in [3.63, 3.8) is 0 Å². The fourth-order valence-corrected chi connectivity index (χ4v) is 1.96. The van der Waals surface area contributed by atoms with E-state index in [4.69, 9.17) is 4.74 Å². The third kappa shape index (κ3) is 5.87. The van der Waals surface area contributed by atoms with E-state index in [1.807, 2.05) is 6.92 Å². The van der Waals surface area contributed by atoms with E-state index >= 15 is 0 Å². The predicted molar refractivity (Wildman–Crippen MR) is 78.0 cm³/mol. The lowest BCUT2D eigenvalue weighted by Crippen LogP contribution is -2.14. The van der Waals surface area contributed by atoms with Gasteiger partial charge in [0.2, 0.25) is 0 Å². The summed E-state index contributed by atoms with van der Waals surface area (Å²) in [5.41, 5.74) is 0.604. The second-order valence-corrected chi connectivity index (χ2v) is 4.97. The van der Waals surface area contributed by atoms with Gasteiger partial charge in [0, 0.05) is 6.54 Å². The van der Waals surface area contributed by atoms with Crippen molar-refractivity contribution in [1.29, 1.82) is 0 Å². The van der Waals surface area contributed by atoms with Crippen molar-refractivity contribution in [1.82, 2.24) is 5.32 Å². The first kappa shape index (κ1) is 16.9. The van der Waals surface area contributed by atoms with Crippen LogP contribution in [0.25, 0.3) is 0 Å². The molecule has 0 unspecified atom stereocenters. The van der Waals surface area contributed by atoms with Crippen molar-refractivity contribution >= 4 is 0 Å². The van der Waals surface area contributed by atoms with Gasteiger partial charge in [0.05, 0.1) is 6.61 Å². The highest BCUT2D eigenvalue weighted by molar-refractivity contribution is 5.31. The summed E-state index contributed by atoms with van der Waals surface area (Å²) in [6.45, 7) is 5.83. The van der Waals surface area contributed by atoms with Gasteiger partial charge in [-0.1, -0.05) is 33.1 Å². The van der Waals surface area contributed by atoms with Gasteiger partial charge in [-0.2, -0.15) is 0 Å². The molecule has 1 N–H and O–H groups in total. The molecule has 0 aromatic heterocycles. The Balaban J connectivity index is 2.51. The van der Waals surface area contributed by atoms with Crippen molar-refractivity contribution in [2.75, 3.05) is 13.2 Å². The molecule has 0 heterocycles. The minimum absolute atomic E-state index is 0.249. The fourth-order valence-electron chi connectivity index (χ4n) is 1.96. The Morgan fingerprint density at radius 2 is 1.70 bits per heavy atom. The molecule has 1 rings (SSSR count). The lowest BCUT2D eigenvalue weighted by molar-refractivity contribution is 0.275. The van der Waals surface area contributed by atoms with E-state index in [9.17, 15) is 8.78 Å². The van der Waals surface area contributed by atoms with Crippen molar-refractivity contribution in [2.24, 2.45) is 0 Å². The van der Waals surface area contributed by atoms with Crippen LogP contribution in [-0.2, 0) is 6.54 Å². The zero-order valence-electron chi connectivity index (χ0n) is 12.5. The molecule has 0 radical (unpaired) electrons. The Hall–Kier alpha value is -1.16. The fraction of sp³-hybridized carbons (Fsp3) is 0.625. The van der Waals surface area contributed by atoms with Crippen LogP contribution >= 0.6 is 0 Å². The van der Waals surface area contributed by atoms with Gasteiger partial charge in [0.15, 0.2) is 17.4 Å². The van der Waals surface area contributed by atoms with E-state index in [-0.39, 0.29) is 5.75 Å². The van der Waals surface area contributed by atoms with Gasteiger partial charge in [0.1, 0.15) is 0 Å². The summed E-state index contributed by atoms with van der Waals surface area (Å²) in [4.78, 5) is 0. The van der Waals surface area contributed by atoms with E-state index in [1.54, 1.807) is 0 Å². The molecule has 0 saturated heterocycles. The van der Waals surface area contributed by atoms with Crippen LogP contribution in [0, 0.1) is 11.6 Å². The van der Waals surface area contributed by atoms with Crippen LogP contribution in [0.5, 0.6) is 5.75 Å². The number of benzene rings is 1. The third-order valence-corrected chi connectivity index (χ3v) is 3.06. The van der Waals surface area contributed by atoms with Gasteiger partial charge in [-0.25, -0.2) is 8.78 Å². The predicted octanol–water partition coefficient (Wildman–Crippen LogP) is 4.42. The van der Waals surface area contributed by atoms with Crippen LogP contribution < -0.4 is 10.1 Å². The Morgan fingerprint density at radius 3 is 2.30 bits per heavy atom. The van der Waals surface area contributed by atoms with Crippen molar-refractivity contribution in [3.8, 4) is 5.75 Å². The molecule has 0 aliphatic carbocycles. The summed E-state index contributed by atoms with van der Waals surface area (Å²) in [5, 5.41) is 3.12. The maximum Gasteiger partial charge on any atom is 0.190 e. The zero-order valence-corrected chi connectivity index (χ0v) is 12.5. The van der Waals surface area contributed by atoms with Crippen LogP contribution in [0.4, 0.5) is 8.78 Å². The van der Waals surface area contributed by atoms with E-state index < -0.39 is 11.6 Å². The average Bonchev–Trinajstić information content (AvgIpc) is 2.41. The van der Waals surface area contributed by atoms with Crippen molar-refractivity contribution in [2.45, 2.75) is 52.5 Å². The molecule has 0 aliphatic heterocycles. The summed E-state index contributed by atoms with van der Waals surface area (Å²) >= 11 is 0. The second-order valence-electron chi connectivity index (χ2n) is 4.97. The molecular formula is C16H25F2NO. The number of hydrogen-bond donors (Lipinski definition) is 1. The summed E-state index contributed by atoms with van der Waals surface area (Å²) in [6.07, 6.45) is 5.09. The molecule has 1 aromatic carbocycles. The minimum Gasteiger partial charge on any atom is -0.488 e. The molecule has 1 aromatic rings. The first-order valence-corrected chi connectivity index (χ1v) is 7.50. The number of nitrogens with one attached hydrogen (secondary N) is 1.